The van der Waals surface area contributed by atoms with Crippen LogP contribution in [0.3, 0.4) is 0 Å². The largest absolute Gasteiger partial charge is 0.304 e. The van der Waals surface area contributed by atoms with E-state index in [1.807, 2.05) is 0 Å². The van der Waals surface area contributed by atoms with Crippen LogP contribution >= 0.6 is 0 Å². The van der Waals surface area contributed by atoms with Crippen LogP contribution in [-0.2, 0) is 21.1 Å². The van der Waals surface area contributed by atoms with Crippen molar-refractivity contribution in [3.63, 3.8) is 0 Å². The van der Waals surface area contributed by atoms with E-state index in [0.29, 0.717) is 6.07 Å². The lowest BCUT2D eigenvalue weighted by Gasteiger charge is -2.06. The van der Waals surface area contributed by atoms with Gasteiger partial charge < -0.3 is 4.84 Å². The summed E-state index contributed by atoms with van der Waals surface area (Å²) in [5, 5.41) is 0. The van der Waals surface area contributed by atoms with Crippen LogP contribution in [0.15, 0.2) is 17.0 Å². The predicted octanol–water partition coefficient (Wildman–Crippen LogP) is 0.801. The van der Waals surface area contributed by atoms with E-state index in [1.165, 1.54) is 0 Å². The first-order valence-corrected chi connectivity index (χ1v) is 6.25. The molecule has 0 aromatic heterocycles. The molecule has 0 aliphatic rings. The Morgan fingerprint density at radius 3 is 2.44 bits per heavy atom. The maximum atomic E-state index is 13.4. The number of benzene rings is 1. The molecular weight excluding hydrogens is 240 g/mol. The van der Waals surface area contributed by atoms with Crippen LogP contribution in [0.1, 0.15) is 5.56 Å². The summed E-state index contributed by atoms with van der Waals surface area (Å²) >= 11 is 0. The van der Waals surface area contributed by atoms with Crippen molar-refractivity contribution in [2.75, 3.05) is 12.9 Å². The van der Waals surface area contributed by atoms with Crippen LogP contribution in [0.4, 0.5) is 8.78 Å². The van der Waals surface area contributed by atoms with Gasteiger partial charge in [-0.3, -0.25) is 0 Å². The minimum absolute atomic E-state index is 0.0224. The molecule has 2 N–H and O–H groups in total. The second kappa shape index (κ2) is 4.86. The molecular formula is C9H11F2NO3S. The Labute approximate surface area is 91.9 Å². The summed E-state index contributed by atoms with van der Waals surface area (Å²) in [4.78, 5) is 3.58. The van der Waals surface area contributed by atoms with Crippen molar-refractivity contribution in [3.8, 4) is 0 Å². The van der Waals surface area contributed by atoms with Crippen LogP contribution in [0, 0.1) is 11.6 Å². The van der Waals surface area contributed by atoms with Crippen LogP contribution < -0.4 is 5.90 Å². The standard InChI is InChI=1S/C9H11F2NO3S/c1-16(13,14)9-5-7(10)6(2-3-15-12)4-8(9)11/h4-5H,2-3,12H2,1H3. The first kappa shape index (κ1) is 13.0. The van der Waals surface area contributed by atoms with Crippen molar-refractivity contribution < 1.29 is 22.0 Å². The van der Waals surface area contributed by atoms with E-state index < -0.39 is 26.4 Å². The van der Waals surface area contributed by atoms with Gasteiger partial charge >= 0.3 is 0 Å². The summed E-state index contributed by atoms with van der Waals surface area (Å²) in [5.74, 6) is 2.98. The van der Waals surface area contributed by atoms with Crippen molar-refractivity contribution >= 4 is 9.84 Å². The maximum absolute atomic E-state index is 13.4. The van der Waals surface area contributed by atoms with Gasteiger partial charge in [-0.15, -0.1) is 0 Å². The monoisotopic (exact) mass is 251 g/mol. The molecule has 0 amide bonds. The molecule has 0 aliphatic heterocycles. The maximum Gasteiger partial charge on any atom is 0.178 e. The average Bonchev–Trinajstić information content (AvgIpc) is 2.17. The lowest BCUT2D eigenvalue weighted by molar-refractivity contribution is 0.140. The molecule has 0 atom stereocenters. The minimum Gasteiger partial charge on any atom is -0.304 e. The molecule has 90 valence electrons. The smallest absolute Gasteiger partial charge is 0.178 e. The Morgan fingerprint density at radius 2 is 1.94 bits per heavy atom. The van der Waals surface area contributed by atoms with Crippen LogP contribution in [0.5, 0.6) is 0 Å². The fourth-order valence-electron chi connectivity index (χ4n) is 1.21. The molecule has 4 nitrogen and oxygen atoms in total. The normalized spacial score (nSPS) is 11.8. The number of halogens is 2. The van der Waals surface area contributed by atoms with E-state index in [1.54, 1.807) is 0 Å². The molecule has 0 bridgehead atoms. The summed E-state index contributed by atoms with van der Waals surface area (Å²) in [6.45, 7) is 0.0224. The molecule has 1 aromatic rings. The third-order valence-corrected chi connectivity index (χ3v) is 3.10. The SMILES string of the molecule is CS(=O)(=O)c1cc(F)c(CCON)cc1F. The van der Waals surface area contributed by atoms with E-state index in [-0.39, 0.29) is 18.6 Å². The third-order valence-electron chi connectivity index (χ3n) is 1.99. The summed E-state index contributed by atoms with van der Waals surface area (Å²) in [6.07, 6.45) is 0.886. The second-order valence-electron chi connectivity index (χ2n) is 3.27. The minimum atomic E-state index is -3.76. The van der Waals surface area contributed by atoms with E-state index in [2.05, 4.69) is 4.84 Å². The zero-order valence-electron chi connectivity index (χ0n) is 8.54. The second-order valence-corrected chi connectivity index (χ2v) is 5.25. The molecule has 0 saturated carbocycles. The fourth-order valence-corrected chi connectivity index (χ4v) is 1.95. The summed E-state index contributed by atoms with van der Waals surface area (Å²) in [6, 6.07) is 1.50. The predicted molar refractivity (Wildman–Crippen MR) is 53.3 cm³/mol. The van der Waals surface area contributed by atoms with Gasteiger partial charge in [-0.1, -0.05) is 0 Å². The number of hydrogen-bond donors (Lipinski definition) is 1. The van der Waals surface area contributed by atoms with Crippen LogP contribution in [0.25, 0.3) is 0 Å². The number of rotatable bonds is 4. The van der Waals surface area contributed by atoms with Crippen molar-refractivity contribution in [1.82, 2.24) is 0 Å². The Morgan fingerprint density at radius 1 is 1.31 bits per heavy atom. The molecule has 16 heavy (non-hydrogen) atoms. The van der Waals surface area contributed by atoms with Gasteiger partial charge in [0.05, 0.1) is 6.61 Å². The topological polar surface area (TPSA) is 69.4 Å². The summed E-state index contributed by atoms with van der Waals surface area (Å²) in [7, 11) is -3.76. The van der Waals surface area contributed by atoms with Gasteiger partial charge in [0.25, 0.3) is 0 Å². The quantitative estimate of drug-likeness (QED) is 0.804. The van der Waals surface area contributed by atoms with Gasteiger partial charge in [0.1, 0.15) is 16.5 Å². The molecule has 0 unspecified atom stereocenters. The molecule has 0 heterocycles. The van der Waals surface area contributed by atoms with Crippen molar-refractivity contribution in [1.29, 1.82) is 0 Å². The van der Waals surface area contributed by atoms with Gasteiger partial charge in [-0.25, -0.2) is 23.1 Å². The summed E-state index contributed by atoms with van der Waals surface area (Å²) < 4.78 is 48.9. The van der Waals surface area contributed by atoms with Gasteiger partial charge in [0.2, 0.25) is 0 Å². The highest BCUT2D eigenvalue weighted by atomic mass is 32.2. The molecule has 1 rings (SSSR count). The van der Waals surface area contributed by atoms with Gasteiger partial charge in [0.15, 0.2) is 9.84 Å². The Kier molecular flexibility index (Phi) is 3.95. The van der Waals surface area contributed by atoms with E-state index in [0.717, 1.165) is 12.3 Å². The van der Waals surface area contributed by atoms with Crippen molar-refractivity contribution in [3.05, 3.63) is 29.3 Å². The first-order valence-electron chi connectivity index (χ1n) is 4.36. The molecule has 0 radical (unpaired) electrons. The highest BCUT2D eigenvalue weighted by molar-refractivity contribution is 7.90. The number of hydrogen-bond acceptors (Lipinski definition) is 4. The summed E-state index contributed by atoms with van der Waals surface area (Å²) in [5.41, 5.74) is 0.0235. The average molecular weight is 251 g/mol. The molecule has 0 saturated heterocycles. The zero-order chi connectivity index (χ0) is 12.3. The third kappa shape index (κ3) is 2.97. The first-order chi connectivity index (χ1) is 7.36. The fraction of sp³-hybridized carbons (Fsp3) is 0.333. The van der Waals surface area contributed by atoms with Gasteiger partial charge in [-0.05, 0) is 17.7 Å². The van der Waals surface area contributed by atoms with Crippen LogP contribution in [-0.4, -0.2) is 21.3 Å². The van der Waals surface area contributed by atoms with Crippen molar-refractivity contribution in [2.24, 2.45) is 5.90 Å². The highest BCUT2D eigenvalue weighted by Gasteiger charge is 2.17. The van der Waals surface area contributed by atoms with Gasteiger partial charge in [-0.2, -0.15) is 0 Å². The molecule has 0 fully saturated rings. The Hall–Kier alpha value is -1.05. The molecule has 1 aromatic carbocycles. The highest BCUT2D eigenvalue weighted by Crippen LogP contribution is 2.19. The Bertz CT molecular complexity index is 488. The molecule has 0 aliphatic carbocycles. The van der Waals surface area contributed by atoms with Crippen molar-refractivity contribution in [2.45, 2.75) is 11.3 Å². The van der Waals surface area contributed by atoms with E-state index >= 15 is 0 Å². The van der Waals surface area contributed by atoms with Gasteiger partial charge in [0, 0.05) is 12.7 Å². The zero-order valence-corrected chi connectivity index (χ0v) is 9.35. The Balaban J connectivity index is 3.17. The lowest BCUT2D eigenvalue weighted by Crippen LogP contribution is -2.08. The molecule has 0 spiro atoms. The van der Waals surface area contributed by atoms with Crippen LogP contribution in [0.2, 0.25) is 0 Å². The number of sulfone groups is 1. The van der Waals surface area contributed by atoms with E-state index in [4.69, 9.17) is 5.90 Å². The van der Waals surface area contributed by atoms with E-state index in [9.17, 15) is 17.2 Å². The lowest BCUT2D eigenvalue weighted by atomic mass is 10.1. The molecule has 7 heteroatoms. The number of nitrogens with two attached hydrogens (primary N) is 1.